The fourth-order valence-corrected chi connectivity index (χ4v) is 2.70. The van der Waals surface area contributed by atoms with Crippen LogP contribution >= 0.6 is 15.9 Å². The van der Waals surface area contributed by atoms with Gasteiger partial charge in [-0.2, -0.15) is 0 Å². The van der Waals surface area contributed by atoms with Crippen LogP contribution in [0, 0.1) is 6.92 Å². The molecule has 0 atom stereocenters. The maximum Gasteiger partial charge on any atom is 0.127 e. The maximum absolute atomic E-state index is 6.08. The van der Waals surface area contributed by atoms with Gasteiger partial charge in [0.05, 0.1) is 13.2 Å². The highest BCUT2D eigenvalue weighted by molar-refractivity contribution is 9.10. The molecule has 4 heteroatoms. The molecule has 1 aromatic carbocycles. The first kappa shape index (κ1) is 12.9. The Morgan fingerprint density at radius 1 is 1.41 bits per heavy atom. The second-order valence-corrected chi connectivity index (χ2v) is 5.26. The molecule has 0 unspecified atom stereocenters. The van der Waals surface area contributed by atoms with Crippen LogP contribution < -0.4 is 10.5 Å². The number of nitrogens with two attached hydrogens (primary N) is 1. The second kappa shape index (κ2) is 5.85. The molecule has 0 saturated carbocycles. The van der Waals surface area contributed by atoms with E-state index in [2.05, 4.69) is 28.9 Å². The molecule has 3 nitrogen and oxygen atoms in total. The first-order chi connectivity index (χ1) is 8.20. The van der Waals surface area contributed by atoms with Gasteiger partial charge in [-0.15, -0.1) is 0 Å². The summed E-state index contributed by atoms with van der Waals surface area (Å²) < 4.78 is 12.5. The number of rotatable bonds is 3. The topological polar surface area (TPSA) is 44.5 Å². The van der Waals surface area contributed by atoms with E-state index in [0.29, 0.717) is 6.54 Å². The average Bonchev–Trinajstić information content (AvgIpc) is 2.33. The van der Waals surface area contributed by atoms with E-state index in [1.807, 2.05) is 6.07 Å². The molecule has 2 rings (SSSR count). The van der Waals surface area contributed by atoms with Gasteiger partial charge in [0.1, 0.15) is 11.9 Å². The largest absolute Gasteiger partial charge is 0.490 e. The fraction of sp³-hybridized carbons (Fsp3) is 0.538. The highest BCUT2D eigenvalue weighted by Gasteiger charge is 2.18. The van der Waals surface area contributed by atoms with Crippen LogP contribution in [0.15, 0.2) is 16.6 Å². The van der Waals surface area contributed by atoms with Crippen molar-refractivity contribution in [3.63, 3.8) is 0 Å². The molecular formula is C13H18BrNO2. The second-order valence-electron chi connectivity index (χ2n) is 4.34. The molecule has 0 aromatic heterocycles. The molecule has 0 bridgehead atoms. The van der Waals surface area contributed by atoms with E-state index >= 15 is 0 Å². The van der Waals surface area contributed by atoms with E-state index in [1.165, 1.54) is 0 Å². The van der Waals surface area contributed by atoms with E-state index in [9.17, 15) is 0 Å². The third-order valence-electron chi connectivity index (χ3n) is 2.99. The third kappa shape index (κ3) is 3.21. The highest BCUT2D eigenvalue weighted by Crippen LogP contribution is 2.30. The number of hydrogen-bond acceptors (Lipinski definition) is 3. The van der Waals surface area contributed by atoms with Gasteiger partial charge in [0.15, 0.2) is 0 Å². The standard InChI is InChI=1S/C13H18BrNO2/c1-9-6-11(14)7-10(8-15)13(9)17-12-2-4-16-5-3-12/h6-7,12H,2-5,8,15H2,1H3. The van der Waals surface area contributed by atoms with Crippen molar-refractivity contribution in [3.8, 4) is 5.75 Å². The van der Waals surface area contributed by atoms with Gasteiger partial charge < -0.3 is 15.2 Å². The van der Waals surface area contributed by atoms with Crippen molar-refractivity contribution in [1.29, 1.82) is 0 Å². The molecule has 1 aliphatic rings. The normalized spacial score (nSPS) is 17.1. The average molecular weight is 300 g/mol. The summed E-state index contributed by atoms with van der Waals surface area (Å²) in [7, 11) is 0. The third-order valence-corrected chi connectivity index (χ3v) is 3.45. The molecule has 0 radical (unpaired) electrons. The summed E-state index contributed by atoms with van der Waals surface area (Å²) in [5.74, 6) is 0.947. The molecule has 1 heterocycles. The Bertz CT molecular complexity index is 389. The molecule has 17 heavy (non-hydrogen) atoms. The van der Waals surface area contributed by atoms with Crippen LogP contribution in [0.4, 0.5) is 0 Å². The van der Waals surface area contributed by atoms with Gasteiger partial charge in [-0.1, -0.05) is 15.9 Å². The lowest BCUT2D eigenvalue weighted by Crippen LogP contribution is -2.26. The summed E-state index contributed by atoms with van der Waals surface area (Å²) in [6.07, 6.45) is 2.17. The van der Waals surface area contributed by atoms with Crippen molar-refractivity contribution < 1.29 is 9.47 Å². The molecule has 0 amide bonds. The molecule has 1 aliphatic heterocycles. The zero-order valence-corrected chi connectivity index (χ0v) is 11.6. The lowest BCUT2D eigenvalue weighted by atomic mass is 10.1. The number of ether oxygens (including phenoxy) is 2. The Morgan fingerprint density at radius 2 is 2.12 bits per heavy atom. The predicted molar refractivity (Wildman–Crippen MR) is 71.2 cm³/mol. The van der Waals surface area contributed by atoms with Crippen LogP contribution in [0.2, 0.25) is 0 Å². The molecule has 1 fully saturated rings. The summed E-state index contributed by atoms with van der Waals surface area (Å²) in [5, 5.41) is 0. The van der Waals surface area contributed by atoms with Crippen LogP contribution in [0.1, 0.15) is 24.0 Å². The number of aryl methyl sites for hydroxylation is 1. The zero-order valence-electron chi connectivity index (χ0n) is 10.0. The summed E-state index contributed by atoms with van der Waals surface area (Å²) in [5.41, 5.74) is 7.96. The van der Waals surface area contributed by atoms with Gasteiger partial charge >= 0.3 is 0 Å². The summed E-state index contributed by atoms with van der Waals surface area (Å²) in [6.45, 7) is 4.13. The lowest BCUT2D eigenvalue weighted by molar-refractivity contribution is 0.0249. The first-order valence-electron chi connectivity index (χ1n) is 5.94. The maximum atomic E-state index is 6.08. The van der Waals surface area contributed by atoms with Crippen LogP contribution in [-0.2, 0) is 11.3 Å². The van der Waals surface area contributed by atoms with Crippen molar-refractivity contribution in [2.75, 3.05) is 13.2 Å². The summed E-state index contributed by atoms with van der Waals surface area (Å²) in [4.78, 5) is 0. The molecule has 0 spiro atoms. The van der Waals surface area contributed by atoms with Crippen molar-refractivity contribution in [1.82, 2.24) is 0 Å². The molecule has 1 saturated heterocycles. The van der Waals surface area contributed by atoms with E-state index in [-0.39, 0.29) is 6.10 Å². The van der Waals surface area contributed by atoms with E-state index in [4.69, 9.17) is 15.2 Å². The molecule has 2 N–H and O–H groups in total. The van der Waals surface area contributed by atoms with Crippen molar-refractivity contribution in [2.24, 2.45) is 5.73 Å². The van der Waals surface area contributed by atoms with E-state index < -0.39 is 0 Å². The Hall–Kier alpha value is -0.580. The highest BCUT2D eigenvalue weighted by atomic mass is 79.9. The Kier molecular flexibility index (Phi) is 4.42. The van der Waals surface area contributed by atoms with E-state index in [1.54, 1.807) is 0 Å². The summed E-state index contributed by atoms with van der Waals surface area (Å²) >= 11 is 3.48. The van der Waals surface area contributed by atoms with Crippen molar-refractivity contribution in [2.45, 2.75) is 32.4 Å². The van der Waals surface area contributed by atoms with Gasteiger partial charge in [0.25, 0.3) is 0 Å². The molecule has 1 aromatic rings. The Balaban J connectivity index is 2.18. The van der Waals surface area contributed by atoms with Gasteiger partial charge in [-0.3, -0.25) is 0 Å². The van der Waals surface area contributed by atoms with Gasteiger partial charge in [0, 0.05) is 29.4 Å². The quantitative estimate of drug-likeness (QED) is 0.933. The first-order valence-corrected chi connectivity index (χ1v) is 6.73. The van der Waals surface area contributed by atoms with E-state index in [0.717, 1.165) is 47.4 Å². The molecule has 0 aliphatic carbocycles. The lowest BCUT2D eigenvalue weighted by Gasteiger charge is -2.25. The predicted octanol–water partition coefficient (Wildman–Crippen LogP) is 2.77. The van der Waals surface area contributed by atoms with Crippen LogP contribution in [0.3, 0.4) is 0 Å². The van der Waals surface area contributed by atoms with Crippen molar-refractivity contribution >= 4 is 15.9 Å². The van der Waals surface area contributed by atoms with Gasteiger partial charge in [-0.05, 0) is 24.6 Å². The van der Waals surface area contributed by atoms with Crippen LogP contribution in [-0.4, -0.2) is 19.3 Å². The zero-order chi connectivity index (χ0) is 12.3. The minimum Gasteiger partial charge on any atom is -0.490 e. The van der Waals surface area contributed by atoms with Crippen LogP contribution in [0.5, 0.6) is 5.75 Å². The molecule has 94 valence electrons. The minimum absolute atomic E-state index is 0.258. The minimum atomic E-state index is 0.258. The van der Waals surface area contributed by atoms with Gasteiger partial charge in [-0.25, -0.2) is 0 Å². The SMILES string of the molecule is Cc1cc(Br)cc(CN)c1OC1CCOCC1. The monoisotopic (exact) mass is 299 g/mol. The van der Waals surface area contributed by atoms with Gasteiger partial charge in [0.2, 0.25) is 0 Å². The molecular weight excluding hydrogens is 282 g/mol. The van der Waals surface area contributed by atoms with Crippen molar-refractivity contribution in [3.05, 3.63) is 27.7 Å². The Morgan fingerprint density at radius 3 is 2.76 bits per heavy atom. The Labute approximate surface area is 110 Å². The van der Waals surface area contributed by atoms with Crippen LogP contribution in [0.25, 0.3) is 0 Å². The fourth-order valence-electron chi connectivity index (χ4n) is 2.08. The summed E-state index contributed by atoms with van der Waals surface area (Å²) in [6, 6.07) is 4.09. The number of hydrogen-bond donors (Lipinski definition) is 1. The number of halogens is 1. The smallest absolute Gasteiger partial charge is 0.127 e. The number of benzene rings is 1.